The Labute approximate surface area is 117 Å². The summed E-state index contributed by atoms with van der Waals surface area (Å²) in [7, 11) is 0. The topological polar surface area (TPSA) is 62.0 Å². The van der Waals surface area contributed by atoms with E-state index in [1.807, 2.05) is 13.8 Å². The average molecular weight is 276 g/mol. The monoisotopic (exact) mass is 276 g/mol. The van der Waals surface area contributed by atoms with Crippen molar-refractivity contribution < 1.29 is 14.3 Å². The number of carboxylic acid groups (broad SMARTS) is 1. The van der Waals surface area contributed by atoms with Gasteiger partial charge in [-0.1, -0.05) is 32.0 Å². The molecule has 0 saturated heterocycles. The van der Waals surface area contributed by atoms with E-state index >= 15 is 0 Å². The van der Waals surface area contributed by atoms with Gasteiger partial charge in [-0.05, 0) is 24.0 Å². The van der Waals surface area contributed by atoms with Gasteiger partial charge in [0.05, 0.1) is 0 Å². The van der Waals surface area contributed by atoms with Gasteiger partial charge in [-0.2, -0.15) is 5.10 Å². The molecule has 0 radical (unpaired) electrons. The summed E-state index contributed by atoms with van der Waals surface area (Å²) >= 11 is 0. The Morgan fingerprint density at radius 3 is 2.70 bits per heavy atom. The van der Waals surface area contributed by atoms with E-state index in [-0.39, 0.29) is 23.4 Å². The summed E-state index contributed by atoms with van der Waals surface area (Å²) in [6, 6.07) is 6.52. The van der Waals surface area contributed by atoms with Crippen molar-refractivity contribution in [1.82, 2.24) is 0 Å². The number of carboxylic acids is 1. The van der Waals surface area contributed by atoms with E-state index in [4.69, 9.17) is 5.11 Å². The van der Waals surface area contributed by atoms with Gasteiger partial charge < -0.3 is 5.11 Å². The van der Waals surface area contributed by atoms with E-state index < -0.39 is 5.97 Å². The zero-order valence-electron chi connectivity index (χ0n) is 11.5. The number of rotatable bonds is 3. The number of hydrogen-bond donors (Lipinski definition) is 1. The molecule has 2 atom stereocenters. The van der Waals surface area contributed by atoms with Crippen molar-refractivity contribution in [3.8, 4) is 0 Å². The largest absolute Gasteiger partial charge is 0.477 e. The van der Waals surface area contributed by atoms with Gasteiger partial charge in [0, 0.05) is 18.1 Å². The molecule has 1 aliphatic heterocycles. The van der Waals surface area contributed by atoms with Crippen LogP contribution in [0.3, 0.4) is 0 Å². The quantitative estimate of drug-likeness (QED) is 0.922. The second kappa shape index (κ2) is 5.94. The normalized spacial score (nSPS) is 22.8. The lowest BCUT2D eigenvalue weighted by Gasteiger charge is -2.16. The van der Waals surface area contributed by atoms with Crippen molar-refractivity contribution in [3.63, 3.8) is 0 Å². The SMILES string of the molecule is CC1C(C(=O)O)=NN=C(Cc2ccccc2F)C[C@H]1C. The van der Waals surface area contributed by atoms with Crippen molar-refractivity contribution >= 4 is 17.4 Å². The Morgan fingerprint density at radius 1 is 1.35 bits per heavy atom. The lowest BCUT2D eigenvalue weighted by atomic mass is 9.86. The molecule has 1 aliphatic rings. The van der Waals surface area contributed by atoms with Crippen LogP contribution in [0.5, 0.6) is 0 Å². The minimum atomic E-state index is -1.04. The highest BCUT2D eigenvalue weighted by Gasteiger charge is 2.27. The highest BCUT2D eigenvalue weighted by atomic mass is 19.1. The second-order valence-corrected chi connectivity index (χ2v) is 5.19. The summed E-state index contributed by atoms with van der Waals surface area (Å²) in [5.41, 5.74) is 1.34. The van der Waals surface area contributed by atoms with E-state index in [1.165, 1.54) is 6.07 Å². The van der Waals surface area contributed by atoms with Crippen LogP contribution in [0.1, 0.15) is 25.8 Å². The van der Waals surface area contributed by atoms with E-state index in [2.05, 4.69) is 10.2 Å². The lowest BCUT2D eigenvalue weighted by molar-refractivity contribution is -0.129. The van der Waals surface area contributed by atoms with Crippen LogP contribution in [0.4, 0.5) is 4.39 Å². The predicted octanol–water partition coefficient (Wildman–Crippen LogP) is 2.93. The Balaban J connectivity index is 2.25. The Bertz CT molecular complexity index is 581. The van der Waals surface area contributed by atoms with Crippen molar-refractivity contribution in [2.24, 2.45) is 22.0 Å². The molecule has 0 bridgehead atoms. The Hall–Kier alpha value is -2.04. The van der Waals surface area contributed by atoms with Crippen molar-refractivity contribution in [2.45, 2.75) is 26.7 Å². The van der Waals surface area contributed by atoms with Gasteiger partial charge in [0.15, 0.2) is 5.71 Å². The van der Waals surface area contributed by atoms with Crippen LogP contribution in [0.25, 0.3) is 0 Å². The van der Waals surface area contributed by atoms with E-state index in [0.29, 0.717) is 24.1 Å². The first kappa shape index (κ1) is 14.4. The molecular weight excluding hydrogens is 259 g/mol. The first-order valence-electron chi connectivity index (χ1n) is 6.59. The van der Waals surface area contributed by atoms with Gasteiger partial charge >= 0.3 is 5.97 Å². The zero-order valence-corrected chi connectivity index (χ0v) is 11.5. The second-order valence-electron chi connectivity index (χ2n) is 5.19. The molecule has 0 aromatic heterocycles. The van der Waals surface area contributed by atoms with Crippen LogP contribution in [0.2, 0.25) is 0 Å². The van der Waals surface area contributed by atoms with E-state index in [0.717, 1.165) is 0 Å². The number of carbonyl (C=O) groups is 1. The molecule has 0 fully saturated rings. The van der Waals surface area contributed by atoms with Crippen molar-refractivity contribution in [3.05, 3.63) is 35.6 Å². The standard InChI is InChI=1S/C15H17FN2O2/c1-9-7-12(8-11-5-3-4-6-13(11)16)17-18-14(10(9)2)15(19)20/h3-6,9-10H,7-8H2,1-2H3,(H,19,20)/t9-,10?/m1/s1. The van der Waals surface area contributed by atoms with Gasteiger partial charge in [-0.3, -0.25) is 0 Å². The van der Waals surface area contributed by atoms with Gasteiger partial charge in [-0.15, -0.1) is 5.10 Å². The summed E-state index contributed by atoms with van der Waals surface area (Å²) < 4.78 is 13.6. The first-order chi connectivity index (χ1) is 9.49. The number of hydrogen-bond acceptors (Lipinski definition) is 3. The summed E-state index contributed by atoms with van der Waals surface area (Å²) in [5, 5.41) is 17.0. The van der Waals surface area contributed by atoms with Crippen LogP contribution in [0, 0.1) is 17.7 Å². The van der Waals surface area contributed by atoms with Crippen LogP contribution < -0.4 is 0 Å². The summed E-state index contributed by atoms with van der Waals surface area (Å²) in [4.78, 5) is 11.1. The maximum absolute atomic E-state index is 13.6. The minimum absolute atomic E-state index is 0.0704. The molecule has 106 valence electrons. The first-order valence-corrected chi connectivity index (χ1v) is 6.59. The van der Waals surface area contributed by atoms with Crippen LogP contribution >= 0.6 is 0 Å². The summed E-state index contributed by atoms with van der Waals surface area (Å²) in [6.45, 7) is 3.80. The molecular formula is C15H17FN2O2. The molecule has 2 rings (SSSR count). The molecule has 1 heterocycles. The fraction of sp³-hybridized carbons (Fsp3) is 0.400. The van der Waals surface area contributed by atoms with Gasteiger partial charge in [-0.25, -0.2) is 9.18 Å². The van der Waals surface area contributed by atoms with Gasteiger partial charge in [0.25, 0.3) is 0 Å². The number of benzene rings is 1. The highest BCUT2D eigenvalue weighted by Crippen LogP contribution is 2.22. The van der Waals surface area contributed by atoms with Crippen LogP contribution in [-0.4, -0.2) is 22.5 Å². The minimum Gasteiger partial charge on any atom is -0.477 e. The smallest absolute Gasteiger partial charge is 0.352 e. The predicted molar refractivity (Wildman–Crippen MR) is 75.6 cm³/mol. The summed E-state index contributed by atoms with van der Waals surface area (Å²) in [5.74, 6) is -1.38. The number of halogens is 1. The third-order valence-corrected chi connectivity index (χ3v) is 3.71. The van der Waals surface area contributed by atoms with E-state index in [1.54, 1.807) is 18.2 Å². The zero-order chi connectivity index (χ0) is 14.7. The molecule has 20 heavy (non-hydrogen) atoms. The third kappa shape index (κ3) is 3.10. The van der Waals surface area contributed by atoms with E-state index in [9.17, 15) is 9.18 Å². The molecule has 0 aliphatic carbocycles. The Kier molecular flexibility index (Phi) is 4.27. The van der Waals surface area contributed by atoms with Crippen molar-refractivity contribution in [2.75, 3.05) is 0 Å². The summed E-state index contributed by atoms with van der Waals surface area (Å²) in [6.07, 6.45) is 0.982. The maximum atomic E-state index is 13.6. The fourth-order valence-electron chi connectivity index (χ4n) is 2.28. The molecule has 1 N–H and O–H groups in total. The van der Waals surface area contributed by atoms with Crippen molar-refractivity contribution in [1.29, 1.82) is 0 Å². The molecule has 0 spiro atoms. The lowest BCUT2D eigenvalue weighted by Crippen LogP contribution is -2.26. The van der Waals surface area contributed by atoms with Crippen LogP contribution in [0.15, 0.2) is 34.5 Å². The van der Waals surface area contributed by atoms with Crippen LogP contribution in [-0.2, 0) is 11.2 Å². The maximum Gasteiger partial charge on any atom is 0.352 e. The molecule has 4 nitrogen and oxygen atoms in total. The molecule has 5 heteroatoms. The number of aliphatic carboxylic acids is 1. The van der Waals surface area contributed by atoms with Gasteiger partial charge in [0.1, 0.15) is 5.82 Å². The molecule has 1 aromatic carbocycles. The highest BCUT2D eigenvalue weighted by molar-refractivity contribution is 6.36. The fourth-order valence-corrected chi connectivity index (χ4v) is 2.28. The van der Waals surface area contributed by atoms with Gasteiger partial charge in [0.2, 0.25) is 0 Å². The Morgan fingerprint density at radius 2 is 2.05 bits per heavy atom. The average Bonchev–Trinajstić information content (AvgIpc) is 2.53. The molecule has 1 aromatic rings. The number of nitrogens with zero attached hydrogens (tertiary/aromatic N) is 2. The molecule has 0 amide bonds. The third-order valence-electron chi connectivity index (χ3n) is 3.71. The molecule has 0 saturated carbocycles. The molecule has 1 unspecified atom stereocenters.